The molecule has 0 aromatic carbocycles. The van der Waals surface area contributed by atoms with Gasteiger partial charge in [-0.05, 0) is 38.0 Å². The van der Waals surface area contributed by atoms with E-state index in [9.17, 15) is 33.1 Å². The number of carbonyl (C=O) groups is 4. The Morgan fingerprint density at radius 1 is 1.00 bits per heavy atom. The Bertz CT molecular complexity index is 749. The Hall–Kier alpha value is -2.46. The van der Waals surface area contributed by atoms with Gasteiger partial charge in [-0.15, -0.1) is 0 Å². The second-order valence-corrected chi connectivity index (χ2v) is 9.81. The van der Waals surface area contributed by atoms with Crippen LogP contribution in [0.1, 0.15) is 77.0 Å². The van der Waals surface area contributed by atoms with Crippen LogP contribution < -0.4 is 16.0 Å². The molecule has 1 aliphatic heterocycles. The number of carbonyl (C=O) groups excluding carboxylic acids is 3. The van der Waals surface area contributed by atoms with Gasteiger partial charge in [0.1, 0.15) is 18.2 Å². The number of alkyl carbamates (subject to hydrolysis) is 1. The Labute approximate surface area is 197 Å². The number of amides is 3. The molecule has 0 aromatic heterocycles. The lowest BCUT2D eigenvalue weighted by atomic mass is 9.84. The molecule has 1 saturated heterocycles. The lowest BCUT2D eigenvalue weighted by molar-refractivity contribution is -0.143. The number of hydrogen-bond acceptors (Lipinski definition) is 5. The van der Waals surface area contributed by atoms with E-state index in [0.717, 1.165) is 32.1 Å². The summed E-state index contributed by atoms with van der Waals surface area (Å²) in [7, 11) is 0. The molecule has 0 bridgehead atoms. The molecule has 34 heavy (non-hydrogen) atoms. The van der Waals surface area contributed by atoms with Gasteiger partial charge < -0.3 is 25.8 Å². The van der Waals surface area contributed by atoms with Crippen molar-refractivity contribution in [2.24, 2.45) is 11.8 Å². The van der Waals surface area contributed by atoms with Crippen LogP contribution in [0.15, 0.2) is 0 Å². The highest BCUT2D eigenvalue weighted by molar-refractivity contribution is 5.90. The van der Waals surface area contributed by atoms with Crippen molar-refractivity contribution in [3.63, 3.8) is 0 Å². The summed E-state index contributed by atoms with van der Waals surface area (Å²) in [5.41, 5.74) is 0. The largest absolute Gasteiger partial charge is 0.480 e. The van der Waals surface area contributed by atoms with E-state index in [-0.39, 0.29) is 43.9 Å². The summed E-state index contributed by atoms with van der Waals surface area (Å²) < 4.78 is 32.0. The van der Waals surface area contributed by atoms with Crippen LogP contribution in [-0.4, -0.2) is 59.6 Å². The summed E-state index contributed by atoms with van der Waals surface area (Å²) in [4.78, 5) is 49.2. The number of aliphatic carboxylic acids is 1. The Morgan fingerprint density at radius 3 is 2.26 bits per heavy atom. The van der Waals surface area contributed by atoms with Crippen LogP contribution in [0.5, 0.6) is 0 Å². The van der Waals surface area contributed by atoms with E-state index in [1.165, 1.54) is 0 Å². The van der Waals surface area contributed by atoms with Gasteiger partial charge in [0.15, 0.2) is 0 Å². The SMILES string of the molecule is O=C(N[C@@H](CC1CCCCC1)C(=O)N[C@@H](C[C@@H]1CCNC1=O)C(=O)O)OC1CCC(F)(F)CC1. The minimum absolute atomic E-state index is 0.0379. The zero-order chi connectivity index (χ0) is 24.7. The van der Waals surface area contributed by atoms with E-state index in [2.05, 4.69) is 16.0 Å². The first-order valence-corrected chi connectivity index (χ1v) is 12.3. The highest BCUT2D eigenvalue weighted by Gasteiger charge is 2.37. The summed E-state index contributed by atoms with van der Waals surface area (Å²) >= 11 is 0. The fourth-order valence-electron chi connectivity index (χ4n) is 5.10. The fraction of sp³-hybridized carbons (Fsp3) is 0.826. The third kappa shape index (κ3) is 7.80. The van der Waals surface area contributed by atoms with Crippen molar-refractivity contribution in [2.75, 3.05) is 6.54 Å². The van der Waals surface area contributed by atoms with Gasteiger partial charge in [0.25, 0.3) is 0 Å². The van der Waals surface area contributed by atoms with E-state index < -0.39 is 48.0 Å². The highest BCUT2D eigenvalue weighted by Crippen LogP contribution is 2.34. The molecule has 3 fully saturated rings. The second kappa shape index (κ2) is 11.8. The van der Waals surface area contributed by atoms with Crippen LogP contribution in [0.2, 0.25) is 0 Å². The standard InChI is InChI=1S/C23H35F2N3O6/c24-23(25)9-6-16(7-10-23)34-22(33)28-17(12-14-4-2-1-3-5-14)20(30)27-18(21(31)32)13-15-8-11-26-19(15)29/h14-18H,1-13H2,(H,26,29)(H,27,30)(H,28,33)(H,31,32)/t15-,17-,18-/m0/s1. The van der Waals surface area contributed by atoms with Gasteiger partial charge >= 0.3 is 12.1 Å². The summed E-state index contributed by atoms with van der Waals surface area (Å²) in [5.74, 6) is -5.19. The number of ether oxygens (including phenoxy) is 1. The first-order chi connectivity index (χ1) is 16.1. The summed E-state index contributed by atoms with van der Waals surface area (Å²) in [5, 5.41) is 17.3. The monoisotopic (exact) mass is 487 g/mol. The summed E-state index contributed by atoms with van der Waals surface area (Å²) in [6, 6.07) is -2.28. The predicted octanol–water partition coefficient (Wildman–Crippen LogP) is 2.73. The molecule has 3 aliphatic rings. The van der Waals surface area contributed by atoms with Crippen molar-refractivity contribution in [1.82, 2.24) is 16.0 Å². The Balaban J connectivity index is 1.60. The van der Waals surface area contributed by atoms with Crippen molar-refractivity contribution >= 4 is 23.9 Å². The van der Waals surface area contributed by atoms with Crippen molar-refractivity contribution in [3.05, 3.63) is 0 Å². The fourth-order valence-corrected chi connectivity index (χ4v) is 5.10. The number of carboxylic acids is 1. The average molecular weight is 488 g/mol. The van der Waals surface area contributed by atoms with Crippen LogP contribution in [0, 0.1) is 11.8 Å². The number of halogens is 2. The second-order valence-electron chi connectivity index (χ2n) is 9.81. The first-order valence-electron chi connectivity index (χ1n) is 12.3. The molecule has 0 radical (unpaired) electrons. The maximum atomic E-state index is 13.4. The molecule has 11 heteroatoms. The zero-order valence-electron chi connectivity index (χ0n) is 19.3. The molecular formula is C23H35F2N3O6. The molecular weight excluding hydrogens is 452 g/mol. The quantitative estimate of drug-likeness (QED) is 0.395. The van der Waals surface area contributed by atoms with E-state index in [0.29, 0.717) is 19.4 Å². The third-order valence-electron chi connectivity index (χ3n) is 7.14. The van der Waals surface area contributed by atoms with Gasteiger partial charge in [0.2, 0.25) is 17.7 Å². The smallest absolute Gasteiger partial charge is 0.408 e. The maximum Gasteiger partial charge on any atom is 0.408 e. The van der Waals surface area contributed by atoms with E-state index in [1.807, 2.05) is 0 Å². The van der Waals surface area contributed by atoms with E-state index in [4.69, 9.17) is 4.74 Å². The van der Waals surface area contributed by atoms with E-state index in [1.54, 1.807) is 0 Å². The molecule has 3 amide bonds. The molecule has 0 unspecified atom stereocenters. The normalized spacial score (nSPS) is 25.1. The number of nitrogens with one attached hydrogen (secondary N) is 3. The number of carboxylic acid groups (broad SMARTS) is 1. The number of hydrogen-bond donors (Lipinski definition) is 4. The topological polar surface area (TPSA) is 134 Å². The molecule has 0 aromatic rings. The number of alkyl halides is 2. The van der Waals surface area contributed by atoms with Gasteiger partial charge in [-0.3, -0.25) is 9.59 Å². The van der Waals surface area contributed by atoms with Gasteiger partial charge in [-0.1, -0.05) is 32.1 Å². The predicted molar refractivity (Wildman–Crippen MR) is 117 cm³/mol. The Kier molecular flexibility index (Phi) is 9.07. The third-order valence-corrected chi connectivity index (χ3v) is 7.14. The highest BCUT2D eigenvalue weighted by atomic mass is 19.3. The van der Waals surface area contributed by atoms with Gasteiger partial charge in [0.05, 0.1) is 0 Å². The molecule has 3 rings (SSSR count). The van der Waals surface area contributed by atoms with E-state index >= 15 is 0 Å². The van der Waals surface area contributed by atoms with Crippen molar-refractivity contribution in [3.8, 4) is 0 Å². The van der Waals surface area contributed by atoms with Gasteiger partial charge in [-0.25, -0.2) is 18.4 Å². The molecule has 2 aliphatic carbocycles. The average Bonchev–Trinajstić information content (AvgIpc) is 3.19. The van der Waals surface area contributed by atoms with Crippen molar-refractivity contribution in [1.29, 1.82) is 0 Å². The maximum absolute atomic E-state index is 13.4. The summed E-state index contributed by atoms with van der Waals surface area (Å²) in [6.45, 7) is 0.467. The first kappa shape index (κ1) is 26.2. The lowest BCUT2D eigenvalue weighted by Gasteiger charge is -2.30. The van der Waals surface area contributed by atoms with Crippen LogP contribution in [0.4, 0.5) is 13.6 Å². The molecule has 9 nitrogen and oxygen atoms in total. The van der Waals surface area contributed by atoms with Crippen LogP contribution >= 0.6 is 0 Å². The lowest BCUT2D eigenvalue weighted by Crippen LogP contribution is -2.53. The van der Waals surface area contributed by atoms with Gasteiger partial charge in [-0.2, -0.15) is 0 Å². The molecule has 192 valence electrons. The minimum Gasteiger partial charge on any atom is -0.480 e. The van der Waals surface area contributed by atoms with Crippen LogP contribution in [0.25, 0.3) is 0 Å². The van der Waals surface area contributed by atoms with Crippen molar-refractivity contribution in [2.45, 2.75) is 101 Å². The van der Waals surface area contributed by atoms with Crippen LogP contribution in [0.3, 0.4) is 0 Å². The Morgan fingerprint density at radius 2 is 1.68 bits per heavy atom. The molecule has 1 heterocycles. The minimum atomic E-state index is -2.75. The van der Waals surface area contributed by atoms with Crippen LogP contribution in [-0.2, 0) is 19.1 Å². The van der Waals surface area contributed by atoms with Gasteiger partial charge in [0, 0.05) is 25.3 Å². The summed E-state index contributed by atoms with van der Waals surface area (Å²) in [6.07, 6.45) is 3.62. The molecule has 0 spiro atoms. The molecule has 3 atom stereocenters. The zero-order valence-corrected chi connectivity index (χ0v) is 19.3. The number of rotatable bonds is 9. The molecule has 2 saturated carbocycles. The molecule has 4 N–H and O–H groups in total. The van der Waals surface area contributed by atoms with Crippen molar-refractivity contribution < 1.29 is 37.8 Å².